The smallest absolute Gasteiger partial charge is 0.252 e. The highest BCUT2D eigenvalue weighted by molar-refractivity contribution is 6.30. The molecule has 3 aromatic heterocycles. The number of benzene rings is 2. The summed E-state index contributed by atoms with van der Waals surface area (Å²) < 4.78 is 3.39. The summed E-state index contributed by atoms with van der Waals surface area (Å²) in [6.45, 7) is 0. The SMILES string of the molecule is Cn1c(=O)cc(-c2cccc(C#N)c2)c2cc(C(Cl)c3ccc(Cl)cc3)cnc21.Cn1ccnc1. The molecule has 5 aromatic rings. The molecule has 1 unspecified atom stereocenters. The van der Waals surface area contributed by atoms with Gasteiger partial charge < -0.3 is 4.57 Å². The lowest BCUT2D eigenvalue weighted by molar-refractivity contribution is 0.886. The van der Waals surface area contributed by atoms with E-state index in [4.69, 9.17) is 23.2 Å². The summed E-state index contributed by atoms with van der Waals surface area (Å²) in [5, 5.41) is 10.2. The van der Waals surface area contributed by atoms with Gasteiger partial charge in [0, 0.05) is 49.2 Å². The van der Waals surface area contributed by atoms with Crippen molar-refractivity contribution in [1.82, 2.24) is 19.1 Å². The van der Waals surface area contributed by atoms with E-state index in [1.165, 1.54) is 4.57 Å². The number of pyridine rings is 2. The molecule has 0 fully saturated rings. The highest BCUT2D eigenvalue weighted by atomic mass is 35.5. The molecule has 5 rings (SSSR count). The van der Waals surface area contributed by atoms with Gasteiger partial charge in [-0.2, -0.15) is 5.26 Å². The number of alkyl halides is 1. The quantitative estimate of drug-likeness (QED) is 0.289. The second-order valence-electron chi connectivity index (χ2n) is 7.93. The molecule has 6 nitrogen and oxygen atoms in total. The Morgan fingerprint density at radius 1 is 1.03 bits per heavy atom. The Hall–Kier alpha value is -3.92. The largest absolute Gasteiger partial charge is 0.341 e. The average Bonchev–Trinajstić information content (AvgIpc) is 3.37. The third-order valence-electron chi connectivity index (χ3n) is 5.49. The Morgan fingerprint density at radius 2 is 1.80 bits per heavy atom. The van der Waals surface area contributed by atoms with E-state index in [2.05, 4.69) is 16.0 Å². The van der Waals surface area contributed by atoms with Gasteiger partial charge in [0.05, 0.1) is 23.3 Å². The van der Waals surface area contributed by atoms with Crippen molar-refractivity contribution in [2.24, 2.45) is 14.1 Å². The minimum Gasteiger partial charge on any atom is -0.341 e. The van der Waals surface area contributed by atoms with Crippen LogP contribution >= 0.6 is 23.2 Å². The summed E-state index contributed by atoms with van der Waals surface area (Å²) >= 11 is 12.7. The number of halogens is 2. The van der Waals surface area contributed by atoms with Crippen molar-refractivity contribution in [2.75, 3.05) is 0 Å². The van der Waals surface area contributed by atoms with E-state index in [0.717, 1.165) is 27.6 Å². The minimum atomic E-state index is -0.417. The second kappa shape index (κ2) is 10.6. The molecule has 0 aliphatic heterocycles. The molecule has 0 spiro atoms. The van der Waals surface area contributed by atoms with Crippen molar-refractivity contribution in [1.29, 1.82) is 5.26 Å². The number of imidazole rings is 1. The van der Waals surface area contributed by atoms with Crippen LogP contribution in [0.15, 0.2) is 90.4 Å². The molecule has 0 aliphatic carbocycles. The van der Waals surface area contributed by atoms with Crippen LogP contribution in [0.3, 0.4) is 0 Å². The predicted molar refractivity (Wildman–Crippen MR) is 139 cm³/mol. The fraction of sp³-hybridized carbons (Fsp3) is 0.111. The molecule has 8 heteroatoms. The van der Waals surface area contributed by atoms with Crippen LogP contribution in [0.2, 0.25) is 5.02 Å². The Bertz CT molecular complexity index is 1570. The van der Waals surface area contributed by atoms with Gasteiger partial charge in [0.1, 0.15) is 5.65 Å². The van der Waals surface area contributed by atoms with E-state index in [0.29, 0.717) is 16.2 Å². The summed E-state index contributed by atoms with van der Waals surface area (Å²) in [5.74, 6) is 0. The predicted octanol–water partition coefficient (Wildman–Crippen LogP) is 5.87. The van der Waals surface area contributed by atoms with Crippen molar-refractivity contribution in [2.45, 2.75) is 5.38 Å². The van der Waals surface area contributed by atoms with E-state index in [-0.39, 0.29) is 5.56 Å². The molecule has 3 heterocycles. The topological polar surface area (TPSA) is 76.5 Å². The first-order valence-corrected chi connectivity index (χ1v) is 11.5. The third kappa shape index (κ3) is 5.43. The van der Waals surface area contributed by atoms with Gasteiger partial charge in [0.15, 0.2) is 0 Å². The zero-order valence-electron chi connectivity index (χ0n) is 19.1. The zero-order chi connectivity index (χ0) is 24.9. The molecular formula is C27H21Cl2N5O. The van der Waals surface area contributed by atoms with Gasteiger partial charge in [-0.15, -0.1) is 11.6 Å². The molecule has 2 aromatic carbocycles. The maximum absolute atomic E-state index is 12.5. The summed E-state index contributed by atoms with van der Waals surface area (Å²) in [5.41, 5.74) is 4.11. The van der Waals surface area contributed by atoms with E-state index in [1.54, 1.807) is 62.2 Å². The molecule has 0 aliphatic rings. The molecule has 0 amide bonds. The van der Waals surface area contributed by atoms with Gasteiger partial charge >= 0.3 is 0 Å². The molecule has 0 N–H and O–H groups in total. The van der Waals surface area contributed by atoms with Crippen molar-refractivity contribution in [3.8, 4) is 17.2 Å². The van der Waals surface area contributed by atoms with Crippen LogP contribution in [-0.4, -0.2) is 19.1 Å². The third-order valence-corrected chi connectivity index (χ3v) is 6.24. The van der Waals surface area contributed by atoms with E-state index < -0.39 is 5.38 Å². The number of aromatic nitrogens is 4. The fourth-order valence-electron chi connectivity index (χ4n) is 3.63. The van der Waals surface area contributed by atoms with Crippen molar-refractivity contribution < 1.29 is 0 Å². The first kappa shape index (κ1) is 24.2. The number of hydrogen-bond donors (Lipinski definition) is 0. The van der Waals surface area contributed by atoms with Crippen LogP contribution < -0.4 is 5.56 Å². The number of nitrogens with zero attached hydrogens (tertiary/aromatic N) is 5. The number of aryl methyl sites for hydroxylation is 2. The average molecular weight is 502 g/mol. The molecule has 0 bridgehead atoms. The van der Waals surface area contributed by atoms with Gasteiger partial charge in [-0.05, 0) is 52.6 Å². The highest BCUT2D eigenvalue weighted by Crippen LogP contribution is 2.33. The lowest BCUT2D eigenvalue weighted by Gasteiger charge is -2.14. The van der Waals surface area contributed by atoms with E-state index in [9.17, 15) is 10.1 Å². The monoisotopic (exact) mass is 501 g/mol. The van der Waals surface area contributed by atoms with Gasteiger partial charge in [0.2, 0.25) is 0 Å². The van der Waals surface area contributed by atoms with Gasteiger partial charge in [0.25, 0.3) is 5.56 Å². The molecule has 174 valence electrons. The zero-order valence-corrected chi connectivity index (χ0v) is 20.6. The van der Waals surface area contributed by atoms with Crippen LogP contribution in [0.1, 0.15) is 22.1 Å². The maximum Gasteiger partial charge on any atom is 0.252 e. The summed E-state index contributed by atoms with van der Waals surface area (Å²) in [6.07, 6.45) is 7.07. The standard InChI is InChI=1S/C23H15Cl2N3O.C4H6N2/c1-28-21(29)11-19(16-4-2-3-14(9-16)12-26)20-10-17(13-27-23(20)28)22(25)15-5-7-18(24)8-6-15;1-6-3-2-5-4-6/h2-11,13,22H,1H3;2-4H,1H3. The van der Waals surface area contributed by atoms with E-state index >= 15 is 0 Å². The highest BCUT2D eigenvalue weighted by Gasteiger charge is 2.16. The molecule has 1 atom stereocenters. The molecule has 0 saturated heterocycles. The Kier molecular flexibility index (Phi) is 7.31. The second-order valence-corrected chi connectivity index (χ2v) is 8.80. The molecular weight excluding hydrogens is 481 g/mol. The maximum atomic E-state index is 12.5. The van der Waals surface area contributed by atoms with Crippen LogP contribution in [0.25, 0.3) is 22.2 Å². The van der Waals surface area contributed by atoms with Gasteiger partial charge in [-0.25, -0.2) is 9.97 Å². The first-order chi connectivity index (χ1) is 16.9. The minimum absolute atomic E-state index is 0.171. The summed E-state index contributed by atoms with van der Waals surface area (Å²) in [7, 11) is 3.62. The number of fused-ring (bicyclic) bond motifs is 1. The molecule has 35 heavy (non-hydrogen) atoms. The first-order valence-electron chi connectivity index (χ1n) is 10.7. The van der Waals surface area contributed by atoms with Gasteiger partial charge in [-0.3, -0.25) is 9.36 Å². The van der Waals surface area contributed by atoms with Crippen LogP contribution in [0.4, 0.5) is 0 Å². The van der Waals surface area contributed by atoms with Crippen LogP contribution in [-0.2, 0) is 14.1 Å². The molecule has 0 saturated carbocycles. The lowest BCUT2D eigenvalue weighted by atomic mass is 9.98. The number of nitriles is 1. The van der Waals surface area contributed by atoms with Crippen molar-refractivity contribution in [3.05, 3.63) is 118 Å². The normalized spacial score (nSPS) is 11.4. The molecule has 0 radical (unpaired) electrons. The van der Waals surface area contributed by atoms with Crippen LogP contribution in [0.5, 0.6) is 0 Å². The summed E-state index contributed by atoms with van der Waals surface area (Å²) in [4.78, 5) is 20.8. The lowest BCUT2D eigenvalue weighted by Crippen LogP contribution is -2.17. The van der Waals surface area contributed by atoms with Crippen molar-refractivity contribution >= 4 is 34.2 Å². The number of hydrogen-bond acceptors (Lipinski definition) is 4. The summed E-state index contributed by atoms with van der Waals surface area (Å²) in [6, 6.07) is 20.2. The van der Waals surface area contributed by atoms with Gasteiger partial charge in [-0.1, -0.05) is 35.9 Å². The Morgan fingerprint density at radius 3 is 2.43 bits per heavy atom. The Labute approximate surface area is 212 Å². The fourth-order valence-corrected chi connectivity index (χ4v) is 4.02. The van der Waals surface area contributed by atoms with Crippen molar-refractivity contribution in [3.63, 3.8) is 0 Å². The van der Waals surface area contributed by atoms with Crippen LogP contribution in [0, 0.1) is 11.3 Å². The Balaban J connectivity index is 0.000000421. The van der Waals surface area contributed by atoms with E-state index in [1.807, 2.05) is 42.1 Å². The number of rotatable bonds is 3.